The summed E-state index contributed by atoms with van der Waals surface area (Å²) in [6.07, 6.45) is 2.80. The van der Waals surface area contributed by atoms with Crippen LogP contribution in [0.15, 0.2) is 6.20 Å². The molecule has 19 heavy (non-hydrogen) atoms. The Morgan fingerprint density at radius 1 is 1.37 bits per heavy atom. The summed E-state index contributed by atoms with van der Waals surface area (Å²) >= 11 is 0. The molecule has 104 valence electrons. The Labute approximate surface area is 113 Å². The standard InChI is InChI=1S/C12H21N7/c1-5-10-11(8-18(4)15-10)19-12(14-16-17-19)7-13-6-9(2)3/h8-9,13H,5-7H2,1-4H3. The average molecular weight is 263 g/mol. The summed E-state index contributed by atoms with van der Waals surface area (Å²) < 4.78 is 3.56. The van der Waals surface area contributed by atoms with Gasteiger partial charge < -0.3 is 5.32 Å². The van der Waals surface area contributed by atoms with E-state index in [1.807, 2.05) is 13.2 Å². The molecule has 2 aromatic rings. The number of hydrogen-bond donors (Lipinski definition) is 1. The molecule has 0 aliphatic rings. The summed E-state index contributed by atoms with van der Waals surface area (Å²) in [4.78, 5) is 0. The van der Waals surface area contributed by atoms with Crippen molar-refractivity contribution >= 4 is 0 Å². The first-order valence-corrected chi connectivity index (χ1v) is 6.62. The minimum absolute atomic E-state index is 0.605. The highest BCUT2D eigenvalue weighted by Gasteiger charge is 2.14. The molecule has 0 unspecified atom stereocenters. The quantitative estimate of drug-likeness (QED) is 0.830. The van der Waals surface area contributed by atoms with E-state index >= 15 is 0 Å². The predicted octanol–water partition coefficient (Wildman–Crippen LogP) is 0.704. The van der Waals surface area contributed by atoms with Crippen molar-refractivity contribution in [3.8, 4) is 5.69 Å². The summed E-state index contributed by atoms with van der Waals surface area (Å²) in [5.74, 6) is 1.41. The van der Waals surface area contributed by atoms with E-state index in [-0.39, 0.29) is 0 Å². The molecule has 0 amide bonds. The predicted molar refractivity (Wildman–Crippen MR) is 71.8 cm³/mol. The SMILES string of the molecule is CCc1nn(C)cc1-n1nnnc1CNCC(C)C. The fourth-order valence-electron chi connectivity index (χ4n) is 1.93. The van der Waals surface area contributed by atoms with Crippen LogP contribution in [0.1, 0.15) is 32.3 Å². The largest absolute Gasteiger partial charge is 0.310 e. The fourth-order valence-corrected chi connectivity index (χ4v) is 1.93. The third-order valence-corrected chi connectivity index (χ3v) is 2.82. The van der Waals surface area contributed by atoms with Gasteiger partial charge >= 0.3 is 0 Å². The zero-order chi connectivity index (χ0) is 13.8. The Morgan fingerprint density at radius 2 is 2.16 bits per heavy atom. The molecule has 0 aliphatic heterocycles. The van der Waals surface area contributed by atoms with Crippen LogP contribution in [-0.4, -0.2) is 36.5 Å². The molecule has 0 aromatic carbocycles. The van der Waals surface area contributed by atoms with Crippen LogP contribution >= 0.6 is 0 Å². The second-order valence-electron chi connectivity index (χ2n) is 5.02. The second-order valence-corrected chi connectivity index (χ2v) is 5.02. The maximum absolute atomic E-state index is 4.41. The van der Waals surface area contributed by atoms with Gasteiger partial charge in [-0.3, -0.25) is 4.68 Å². The molecule has 0 radical (unpaired) electrons. The molecular formula is C12H21N7. The molecule has 2 heterocycles. The number of aromatic nitrogens is 6. The lowest BCUT2D eigenvalue weighted by Crippen LogP contribution is -2.21. The maximum atomic E-state index is 4.41. The monoisotopic (exact) mass is 263 g/mol. The van der Waals surface area contributed by atoms with E-state index in [9.17, 15) is 0 Å². The van der Waals surface area contributed by atoms with Crippen LogP contribution in [0, 0.1) is 5.92 Å². The van der Waals surface area contributed by atoms with Gasteiger partial charge in [-0.2, -0.15) is 9.78 Å². The van der Waals surface area contributed by atoms with E-state index in [1.54, 1.807) is 9.36 Å². The summed E-state index contributed by atoms with van der Waals surface area (Å²) in [6.45, 7) is 8.02. The molecule has 0 spiro atoms. The van der Waals surface area contributed by atoms with Crippen molar-refractivity contribution < 1.29 is 0 Å². The third kappa shape index (κ3) is 3.17. The molecule has 0 aliphatic carbocycles. The average Bonchev–Trinajstić information content (AvgIpc) is 2.94. The van der Waals surface area contributed by atoms with E-state index in [4.69, 9.17) is 0 Å². The van der Waals surface area contributed by atoms with Crippen molar-refractivity contribution in [1.29, 1.82) is 0 Å². The molecule has 2 aromatic heterocycles. The lowest BCUT2D eigenvalue weighted by atomic mass is 10.2. The Kier molecular flexibility index (Phi) is 4.26. The highest BCUT2D eigenvalue weighted by Crippen LogP contribution is 2.13. The molecule has 7 heteroatoms. The van der Waals surface area contributed by atoms with Crippen LogP contribution in [-0.2, 0) is 20.0 Å². The summed E-state index contributed by atoms with van der Waals surface area (Å²) in [5, 5.41) is 19.7. The first-order chi connectivity index (χ1) is 9.11. The van der Waals surface area contributed by atoms with Crippen molar-refractivity contribution in [3.05, 3.63) is 17.7 Å². The van der Waals surface area contributed by atoms with Gasteiger partial charge in [-0.25, -0.2) is 0 Å². The zero-order valence-corrected chi connectivity index (χ0v) is 12.0. The first-order valence-electron chi connectivity index (χ1n) is 6.62. The Hall–Kier alpha value is -1.76. The normalized spacial score (nSPS) is 11.4. The Morgan fingerprint density at radius 3 is 2.84 bits per heavy atom. The fraction of sp³-hybridized carbons (Fsp3) is 0.667. The van der Waals surface area contributed by atoms with Crippen LogP contribution in [0.5, 0.6) is 0 Å². The molecule has 0 fully saturated rings. The van der Waals surface area contributed by atoms with Gasteiger partial charge in [0.1, 0.15) is 5.69 Å². The number of rotatable bonds is 6. The van der Waals surface area contributed by atoms with Gasteiger partial charge in [-0.1, -0.05) is 20.8 Å². The zero-order valence-electron chi connectivity index (χ0n) is 12.0. The van der Waals surface area contributed by atoms with Gasteiger partial charge in [-0.05, 0) is 29.3 Å². The minimum Gasteiger partial charge on any atom is -0.310 e. The first kappa shape index (κ1) is 13.7. The van der Waals surface area contributed by atoms with Crippen LogP contribution in [0.2, 0.25) is 0 Å². The number of hydrogen-bond acceptors (Lipinski definition) is 5. The maximum Gasteiger partial charge on any atom is 0.170 e. The Balaban J connectivity index is 2.18. The molecule has 0 bridgehead atoms. The van der Waals surface area contributed by atoms with Crippen molar-refractivity contribution in [3.63, 3.8) is 0 Å². The van der Waals surface area contributed by atoms with Crippen LogP contribution < -0.4 is 5.32 Å². The van der Waals surface area contributed by atoms with E-state index in [0.29, 0.717) is 12.5 Å². The van der Waals surface area contributed by atoms with Crippen molar-refractivity contribution in [2.75, 3.05) is 6.54 Å². The topological polar surface area (TPSA) is 73.5 Å². The van der Waals surface area contributed by atoms with Crippen molar-refractivity contribution in [1.82, 2.24) is 35.3 Å². The lowest BCUT2D eigenvalue weighted by molar-refractivity contribution is 0.537. The molecule has 0 saturated heterocycles. The number of nitrogens with zero attached hydrogens (tertiary/aromatic N) is 6. The van der Waals surface area contributed by atoms with Gasteiger partial charge in [0.05, 0.1) is 18.4 Å². The lowest BCUT2D eigenvalue weighted by Gasteiger charge is -2.07. The summed E-state index contributed by atoms with van der Waals surface area (Å²) in [6, 6.07) is 0. The summed E-state index contributed by atoms with van der Waals surface area (Å²) in [5.41, 5.74) is 1.95. The van der Waals surface area contributed by atoms with Crippen LogP contribution in [0.3, 0.4) is 0 Å². The second kappa shape index (κ2) is 5.92. The van der Waals surface area contributed by atoms with Crippen LogP contribution in [0.4, 0.5) is 0 Å². The highest BCUT2D eigenvalue weighted by atomic mass is 15.6. The Bertz CT molecular complexity index is 526. The molecule has 0 saturated carbocycles. The highest BCUT2D eigenvalue weighted by molar-refractivity contribution is 5.34. The molecule has 7 nitrogen and oxygen atoms in total. The van der Waals surface area contributed by atoms with Gasteiger partial charge in [0, 0.05) is 7.05 Å². The number of nitrogens with one attached hydrogen (secondary N) is 1. The third-order valence-electron chi connectivity index (χ3n) is 2.82. The molecule has 0 atom stereocenters. The van der Waals surface area contributed by atoms with Crippen LogP contribution in [0.25, 0.3) is 5.69 Å². The van der Waals surface area contributed by atoms with E-state index in [1.165, 1.54) is 0 Å². The van der Waals surface area contributed by atoms with E-state index < -0.39 is 0 Å². The van der Waals surface area contributed by atoms with Gasteiger partial charge in [0.25, 0.3) is 0 Å². The summed E-state index contributed by atoms with van der Waals surface area (Å²) in [7, 11) is 1.91. The molecule has 1 N–H and O–H groups in total. The van der Waals surface area contributed by atoms with E-state index in [0.717, 1.165) is 30.2 Å². The van der Waals surface area contributed by atoms with Gasteiger partial charge in [0.2, 0.25) is 0 Å². The van der Waals surface area contributed by atoms with Gasteiger partial charge in [-0.15, -0.1) is 5.10 Å². The van der Waals surface area contributed by atoms with Crippen molar-refractivity contribution in [2.45, 2.75) is 33.7 Å². The molecular weight excluding hydrogens is 242 g/mol. The smallest absolute Gasteiger partial charge is 0.170 e. The van der Waals surface area contributed by atoms with E-state index in [2.05, 4.69) is 46.7 Å². The van der Waals surface area contributed by atoms with Crippen molar-refractivity contribution in [2.24, 2.45) is 13.0 Å². The number of tetrazole rings is 1. The minimum atomic E-state index is 0.605. The number of aryl methyl sites for hydroxylation is 2. The molecule has 2 rings (SSSR count). The van der Waals surface area contributed by atoms with Gasteiger partial charge in [0.15, 0.2) is 5.82 Å².